The van der Waals surface area contributed by atoms with Gasteiger partial charge in [-0.05, 0) is 5.82 Å². The fraction of sp³-hybridized carbons (Fsp3) is 0.750. The van der Waals surface area contributed by atoms with E-state index in [0.29, 0.717) is 0 Å². The van der Waals surface area contributed by atoms with Crippen molar-refractivity contribution in [3.63, 3.8) is 0 Å². The van der Waals surface area contributed by atoms with E-state index < -0.39 is 0 Å². The van der Waals surface area contributed by atoms with E-state index in [9.17, 15) is 4.79 Å². The molecule has 1 N–H and O–H groups in total. The summed E-state index contributed by atoms with van der Waals surface area (Å²) in [5.74, 6) is -0.509. The highest BCUT2D eigenvalue weighted by Crippen LogP contribution is 1.90. The average molecular weight is 96.9 g/mol. The summed E-state index contributed by atoms with van der Waals surface area (Å²) >= 11 is 0. The van der Waals surface area contributed by atoms with E-state index >= 15 is 0 Å². The van der Waals surface area contributed by atoms with Crippen LogP contribution in [0.25, 0.3) is 0 Å². The number of amides is 1. The molecule has 7 heavy (non-hydrogen) atoms. The van der Waals surface area contributed by atoms with Gasteiger partial charge < -0.3 is 5.32 Å². The molecule has 0 saturated carbocycles. The van der Waals surface area contributed by atoms with E-state index in [2.05, 4.69) is 5.32 Å². The van der Waals surface area contributed by atoms with Crippen molar-refractivity contribution in [3.05, 3.63) is 0 Å². The number of hydrogen-bond acceptors (Lipinski definition) is 1. The van der Waals surface area contributed by atoms with Crippen LogP contribution in [-0.4, -0.2) is 20.8 Å². The van der Waals surface area contributed by atoms with Gasteiger partial charge in [0, 0.05) is 7.05 Å². The molecule has 0 aliphatic heterocycles. The SMILES string of the molecule is [B]C(C)C(=O)NC. The lowest BCUT2D eigenvalue weighted by Crippen LogP contribution is -2.21. The van der Waals surface area contributed by atoms with Gasteiger partial charge in [0.1, 0.15) is 0 Å². The van der Waals surface area contributed by atoms with Crippen LogP contribution in [0, 0.1) is 0 Å². The quantitative estimate of drug-likeness (QED) is 0.447. The minimum Gasteiger partial charge on any atom is -0.360 e. The normalized spacial score (nSPS) is 12.9. The van der Waals surface area contributed by atoms with Crippen molar-refractivity contribution in [2.45, 2.75) is 12.7 Å². The molecule has 38 valence electrons. The van der Waals surface area contributed by atoms with Crippen LogP contribution in [-0.2, 0) is 4.79 Å². The van der Waals surface area contributed by atoms with Crippen molar-refractivity contribution >= 4 is 13.8 Å². The summed E-state index contributed by atoms with van der Waals surface area (Å²) in [5.41, 5.74) is 0. The Morgan fingerprint density at radius 2 is 2.29 bits per heavy atom. The predicted octanol–water partition coefficient (Wildman–Crippen LogP) is -0.291. The third-order valence-corrected chi connectivity index (χ3v) is 0.660. The predicted molar refractivity (Wildman–Crippen MR) is 29.2 cm³/mol. The molecule has 0 rings (SSSR count). The highest BCUT2D eigenvalue weighted by molar-refractivity contribution is 6.23. The summed E-state index contributed by atoms with van der Waals surface area (Å²) in [6.45, 7) is 1.64. The van der Waals surface area contributed by atoms with Crippen molar-refractivity contribution in [1.29, 1.82) is 0 Å². The van der Waals surface area contributed by atoms with Crippen LogP contribution in [0.5, 0.6) is 0 Å². The summed E-state index contributed by atoms with van der Waals surface area (Å²) in [6.07, 6.45) is 0. The van der Waals surface area contributed by atoms with Crippen molar-refractivity contribution in [2.75, 3.05) is 7.05 Å². The van der Waals surface area contributed by atoms with Crippen LogP contribution in [0.1, 0.15) is 6.92 Å². The van der Waals surface area contributed by atoms with Crippen LogP contribution in [0.4, 0.5) is 0 Å². The molecule has 3 heteroatoms. The topological polar surface area (TPSA) is 29.1 Å². The Kier molecular flexibility index (Phi) is 2.49. The van der Waals surface area contributed by atoms with Gasteiger partial charge in [-0.3, -0.25) is 4.79 Å². The maximum atomic E-state index is 10.3. The van der Waals surface area contributed by atoms with Crippen molar-refractivity contribution < 1.29 is 4.79 Å². The van der Waals surface area contributed by atoms with Gasteiger partial charge in [0.05, 0.1) is 7.85 Å². The second kappa shape index (κ2) is 2.67. The zero-order valence-electron chi connectivity index (χ0n) is 4.56. The minimum absolute atomic E-state index is 0.125. The monoisotopic (exact) mass is 97.1 g/mol. The molecule has 1 atom stereocenters. The van der Waals surface area contributed by atoms with E-state index in [4.69, 9.17) is 7.85 Å². The molecule has 0 aromatic rings. The Morgan fingerprint density at radius 3 is 2.29 bits per heavy atom. The molecule has 0 spiro atoms. The zero-order chi connectivity index (χ0) is 5.86. The van der Waals surface area contributed by atoms with Gasteiger partial charge in [-0.2, -0.15) is 0 Å². The smallest absolute Gasteiger partial charge is 0.213 e. The minimum atomic E-state index is -0.384. The zero-order valence-corrected chi connectivity index (χ0v) is 4.56. The molecule has 2 nitrogen and oxygen atoms in total. The lowest BCUT2D eigenvalue weighted by molar-refractivity contribution is -0.120. The molecule has 0 aromatic carbocycles. The number of hydrogen-bond donors (Lipinski definition) is 1. The van der Waals surface area contributed by atoms with Gasteiger partial charge in [-0.25, -0.2) is 0 Å². The summed E-state index contributed by atoms with van der Waals surface area (Å²) < 4.78 is 0. The fourth-order valence-electron chi connectivity index (χ4n) is 0.228. The van der Waals surface area contributed by atoms with E-state index in [0.717, 1.165) is 0 Å². The molecule has 2 radical (unpaired) electrons. The highest BCUT2D eigenvalue weighted by atomic mass is 16.1. The van der Waals surface area contributed by atoms with Crippen molar-refractivity contribution in [3.8, 4) is 0 Å². The van der Waals surface area contributed by atoms with E-state index in [1.54, 1.807) is 14.0 Å². The number of carbonyl (C=O) groups excluding carboxylic acids is 1. The van der Waals surface area contributed by atoms with Gasteiger partial charge in [0.2, 0.25) is 5.91 Å². The molecule has 0 aliphatic carbocycles. The lowest BCUT2D eigenvalue weighted by Gasteiger charge is -1.99. The molecule has 0 saturated heterocycles. The molecule has 1 unspecified atom stereocenters. The first kappa shape index (κ1) is 6.53. The summed E-state index contributed by atoms with van der Waals surface area (Å²) in [6, 6.07) is 0. The maximum Gasteiger partial charge on any atom is 0.213 e. The third kappa shape index (κ3) is 2.26. The number of rotatable bonds is 1. The van der Waals surface area contributed by atoms with Crippen LogP contribution in [0.3, 0.4) is 0 Å². The first-order chi connectivity index (χ1) is 3.18. The largest absolute Gasteiger partial charge is 0.360 e. The molecular formula is C4H8BNO. The van der Waals surface area contributed by atoms with Gasteiger partial charge in [-0.15, -0.1) is 0 Å². The molecule has 0 fully saturated rings. The summed E-state index contributed by atoms with van der Waals surface area (Å²) in [7, 11) is 6.70. The van der Waals surface area contributed by atoms with Crippen LogP contribution in [0.15, 0.2) is 0 Å². The molecule has 0 aliphatic rings. The Morgan fingerprint density at radius 1 is 1.86 bits per heavy atom. The van der Waals surface area contributed by atoms with Gasteiger partial charge in [0.15, 0.2) is 0 Å². The van der Waals surface area contributed by atoms with Crippen LogP contribution in [0.2, 0.25) is 5.82 Å². The second-order valence-electron chi connectivity index (χ2n) is 1.40. The Balaban J connectivity index is 3.35. The number of carbonyl (C=O) groups is 1. The summed E-state index contributed by atoms with van der Waals surface area (Å²) in [4.78, 5) is 10.3. The van der Waals surface area contributed by atoms with Gasteiger partial charge in [0.25, 0.3) is 0 Å². The molecule has 0 heterocycles. The van der Waals surface area contributed by atoms with E-state index in [1.807, 2.05) is 0 Å². The van der Waals surface area contributed by atoms with E-state index in [1.165, 1.54) is 0 Å². The Bertz CT molecular complexity index is 72.1. The Hall–Kier alpha value is -0.465. The lowest BCUT2D eigenvalue weighted by atomic mass is 9.89. The third-order valence-electron chi connectivity index (χ3n) is 0.660. The number of nitrogens with one attached hydrogen (secondary N) is 1. The summed E-state index contributed by atoms with van der Waals surface area (Å²) in [5, 5.41) is 2.40. The molecular weight excluding hydrogens is 88.9 g/mol. The first-order valence-electron chi connectivity index (χ1n) is 2.15. The second-order valence-corrected chi connectivity index (χ2v) is 1.40. The molecule has 1 amide bonds. The van der Waals surface area contributed by atoms with Gasteiger partial charge in [-0.1, -0.05) is 6.92 Å². The average Bonchev–Trinajstić information content (AvgIpc) is 1.65. The van der Waals surface area contributed by atoms with Crippen molar-refractivity contribution in [1.82, 2.24) is 5.32 Å². The van der Waals surface area contributed by atoms with Crippen LogP contribution < -0.4 is 5.32 Å². The molecule has 0 bridgehead atoms. The maximum absolute atomic E-state index is 10.3. The van der Waals surface area contributed by atoms with Gasteiger partial charge >= 0.3 is 0 Å². The first-order valence-corrected chi connectivity index (χ1v) is 2.15. The van der Waals surface area contributed by atoms with E-state index in [-0.39, 0.29) is 11.7 Å². The fourth-order valence-corrected chi connectivity index (χ4v) is 0.228. The van der Waals surface area contributed by atoms with Crippen LogP contribution >= 0.6 is 0 Å². The van der Waals surface area contributed by atoms with Crippen molar-refractivity contribution in [2.24, 2.45) is 0 Å². The standard InChI is InChI=1S/C4H8BNO/c1-3(5)4(7)6-2/h3H,1-2H3,(H,6,7). The molecule has 0 aromatic heterocycles. The Labute approximate surface area is 44.7 Å². The highest BCUT2D eigenvalue weighted by Gasteiger charge is 1.99.